The molecule has 7 heteroatoms. The Balaban J connectivity index is 1.94. The first-order valence-corrected chi connectivity index (χ1v) is 8.78. The fourth-order valence-electron chi connectivity index (χ4n) is 2.95. The van der Waals surface area contributed by atoms with Crippen LogP contribution in [0.3, 0.4) is 0 Å². The molecule has 0 amide bonds. The van der Waals surface area contributed by atoms with E-state index < -0.39 is 23.4 Å². The zero-order valence-electron chi connectivity index (χ0n) is 15.8. The fraction of sp³-hybridized carbons (Fsp3) is 0.286. The summed E-state index contributed by atoms with van der Waals surface area (Å²) in [5.74, 6) is -1.65. The smallest absolute Gasteiger partial charge is 0.333 e. The van der Waals surface area contributed by atoms with Gasteiger partial charge >= 0.3 is 5.97 Å². The van der Waals surface area contributed by atoms with Crippen molar-refractivity contribution in [3.63, 3.8) is 0 Å². The zero-order chi connectivity index (χ0) is 20.5. The maximum Gasteiger partial charge on any atom is 0.333 e. The van der Waals surface area contributed by atoms with Crippen LogP contribution < -0.4 is 10.4 Å². The molecule has 0 aromatic heterocycles. The highest BCUT2D eigenvalue weighted by Crippen LogP contribution is 2.28. The molecule has 0 saturated heterocycles. The van der Waals surface area contributed by atoms with Gasteiger partial charge in [-0.3, -0.25) is 4.79 Å². The van der Waals surface area contributed by atoms with E-state index in [-0.39, 0.29) is 17.9 Å². The Kier molecular flexibility index (Phi) is 5.16. The molecule has 1 N–H and O–H groups in total. The Morgan fingerprint density at radius 2 is 2.00 bits per heavy atom. The second kappa shape index (κ2) is 7.41. The SMILES string of the molecule is CC(C)(C)OC(=O)C1NN(Cc2ccc(F)c(C#N)c2)c2ccccc2C1=O. The van der Waals surface area contributed by atoms with E-state index in [1.165, 1.54) is 12.1 Å². The highest BCUT2D eigenvalue weighted by atomic mass is 19.1. The minimum atomic E-state index is -1.19. The van der Waals surface area contributed by atoms with Gasteiger partial charge in [-0.2, -0.15) is 5.26 Å². The predicted octanol–water partition coefficient (Wildman–Crippen LogP) is 3.12. The number of hydrazine groups is 1. The van der Waals surface area contributed by atoms with Crippen LogP contribution in [0.25, 0.3) is 0 Å². The third-order valence-electron chi connectivity index (χ3n) is 4.14. The molecule has 2 aromatic carbocycles. The van der Waals surface area contributed by atoms with Gasteiger partial charge in [-0.05, 0) is 50.6 Å². The number of halogens is 1. The van der Waals surface area contributed by atoms with Gasteiger partial charge in [-0.25, -0.2) is 14.6 Å². The number of nitrogens with one attached hydrogen (secondary N) is 1. The van der Waals surface area contributed by atoms with E-state index in [1.54, 1.807) is 56.1 Å². The minimum absolute atomic E-state index is 0.0671. The van der Waals surface area contributed by atoms with Crippen LogP contribution >= 0.6 is 0 Å². The molecule has 0 radical (unpaired) electrons. The molecule has 0 spiro atoms. The van der Waals surface area contributed by atoms with Crippen molar-refractivity contribution in [3.05, 3.63) is 65.0 Å². The number of esters is 1. The number of fused-ring (bicyclic) bond motifs is 1. The largest absolute Gasteiger partial charge is 0.458 e. The van der Waals surface area contributed by atoms with Gasteiger partial charge in [0.2, 0.25) is 0 Å². The summed E-state index contributed by atoms with van der Waals surface area (Å²) in [4.78, 5) is 25.4. The number of para-hydroxylation sites is 1. The van der Waals surface area contributed by atoms with Crippen LogP contribution in [0.2, 0.25) is 0 Å². The maximum absolute atomic E-state index is 13.6. The van der Waals surface area contributed by atoms with E-state index in [2.05, 4.69) is 5.43 Å². The van der Waals surface area contributed by atoms with Crippen LogP contribution in [0.4, 0.5) is 10.1 Å². The summed E-state index contributed by atoms with van der Waals surface area (Å²) in [6, 6.07) is 11.7. The molecule has 144 valence electrons. The lowest BCUT2D eigenvalue weighted by atomic mass is 9.99. The number of ether oxygens (including phenoxy) is 1. The molecular weight excluding hydrogens is 361 g/mol. The van der Waals surface area contributed by atoms with Crippen molar-refractivity contribution in [1.82, 2.24) is 5.43 Å². The quantitative estimate of drug-likeness (QED) is 0.650. The first-order chi connectivity index (χ1) is 13.2. The summed E-state index contributed by atoms with van der Waals surface area (Å²) >= 11 is 0. The van der Waals surface area contributed by atoms with Crippen molar-refractivity contribution in [2.24, 2.45) is 0 Å². The average Bonchev–Trinajstić information content (AvgIpc) is 2.64. The van der Waals surface area contributed by atoms with Crippen molar-refractivity contribution >= 4 is 17.4 Å². The highest BCUT2D eigenvalue weighted by Gasteiger charge is 2.38. The molecule has 1 atom stereocenters. The van der Waals surface area contributed by atoms with Crippen LogP contribution in [0, 0.1) is 17.1 Å². The molecule has 1 heterocycles. The third kappa shape index (κ3) is 4.02. The number of rotatable bonds is 3. The van der Waals surface area contributed by atoms with E-state index in [0.29, 0.717) is 16.8 Å². The molecule has 1 aliphatic heterocycles. The van der Waals surface area contributed by atoms with Gasteiger partial charge in [0.15, 0.2) is 11.8 Å². The van der Waals surface area contributed by atoms with Crippen molar-refractivity contribution in [2.75, 3.05) is 5.01 Å². The number of nitriles is 1. The van der Waals surface area contributed by atoms with E-state index in [4.69, 9.17) is 10.00 Å². The standard InChI is InChI=1S/C21H20FN3O3/c1-21(2,3)28-20(27)18-19(26)15-6-4-5-7-17(15)25(24-18)12-13-8-9-16(22)14(10-13)11-23/h4-10,18,24H,12H2,1-3H3. The summed E-state index contributed by atoms with van der Waals surface area (Å²) in [5.41, 5.74) is 3.74. The Labute approximate surface area is 162 Å². The van der Waals surface area contributed by atoms with Gasteiger partial charge in [0.1, 0.15) is 17.5 Å². The number of nitrogens with zero attached hydrogens (tertiary/aromatic N) is 2. The van der Waals surface area contributed by atoms with Crippen molar-refractivity contribution in [3.8, 4) is 6.07 Å². The molecule has 28 heavy (non-hydrogen) atoms. The fourth-order valence-corrected chi connectivity index (χ4v) is 2.95. The van der Waals surface area contributed by atoms with E-state index in [0.717, 1.165) is 0 Å². The van der Waals surface area contributed by atoms with Gasteiger partial charge in [-0.15, -0.1) is 0 Å². The molecule has 0 aliphatic carbocycles. The molecule has 0 saturated carbocycles. The van der Waals surface area contributed by atoms with Crippen LogP contribution in [0.5, 0.6) is 0 Å². The second-order valence-electron chi connectivity index (χ2n) is 7.49. The van der Waals surface area contributed by atoms with Crippen molar-refractivity contribution in [1.29, 1.82) is 5.26 Å². The number of carbonyl (C=O) groups is 2. The number of hydrogen-bond donors (Lipinski definition) is 1. The minimum Gasteiger partial charge on any atom is -0.458 e. The lowest BCUT2D eigenvalue weighted by Crippen LogP contribution is -2.57. The van der Waals surface area contributed by atoms with Crippen LogP contribution in [-0.4, -0.2) is 23.4 Å². The molecule has 1 aliphatic rings. The van der Waals surface area contributed by atoms with Crippen molar-refractivity contribution in [2.45, 2.75) is 39.0 Å². The Morgan fingerprint density at radius 3 is 2.68 bits per heavy atom. The number of benzene rings is 2. The first-order valence-electron chi connectivity index (χ1n) is 8.78. The number of carbonyl (C=O) groups excluding carboxylic acids is 2. The van der Waals surface area contributed by atoms with E-state index >= 15 is 0 Å². The van der Waals surface area contributed by atoms with Gasteiger partial charge in [0.05, 0.1) is 17.8 Å². The number of ketones is 1. The first kappa shape index (κ1) is 19.5. The maximum atomic E-state index is 13.6. The highest BCUT2D eigenvalue weighted by molar-refractivity contribution is 6.16. The second-order valence-corrected chi connectivity index (χ2v) is 7.49. The Hall–Kier alpha value is -3.24. The lowest BCUT2D eigenvalue weighted by molar-refractivity contribution is -0.156. The zero-order valence-corrected chi connectivity index (χ0v) is 15.8. The number of anilines is 1. The molecule has 6 nitrogen and oxygen atoms in total. The Bertz CT molecular complexity index is 976. The number of hydrogen-bond acceptors (Lipinski definition) is 6. The van der Waals surface area contributed by atoms with Gasteiger partial charge in [0, 0.05) is 5.56 Å². The molecule has 3 rings (SSSR count). The summed E-state index contributed by atoms with van der Waals surface area (Å²) in [7, 11) is 0. The lowest BCUT2D eigenvalue weighted by Gasteiger charge is -2.36. The summed E-state index contributed by atoms with van der Waals surface area (Å²) in [6.07, 6.45) is 0. The Morgan fingerprint density at radius 1 is 1.29 bits per heavy atom. The number of Topliss-reactive ketones (excluding diaryl/α,β-unsaturated/α-hetero) is 1. The van der Waals surface area contributed by atoms with Gasteiger partial charge < -0.3 is 9.75 Å². The molecule has 0 bridgehead atoms. The molecule has 2 aromatic rings. The van der Waals surface area contributed by atoms with Crippen LogP contribution in [0.15, 0.2) is 42.5 Å². The van der Waals surface area contributed by atoms with Gasteiger partial charge in [0.25, 0.3) is 0 Å². The van der Waals surface area contributed by atoms with Crippen molar-refractivity contribution < 1.29 is 18.7 Å². The normalized spacial score (nSPS) is 16.3. The summed E-state index contributed by atoms with van der Waals surface area (Å²) in [5, 5.41) is 10.7. The predicted molar refractivity (Wildman–Crippen MR) is 101 cm³/mol. The van der Waals surface area contributed by atoms with E-state index in [9.17, 15) is 14.0 Å². The van der Waals surface area contributed by atoms with E-state index in [1.807, 2.05) is 6.07 Å². The van der Waals surface area contributed by atoms with Crippen LogP contribution in [-0.2, 0) is 16.1 Å². The topological polar surface area (TPSA) is 82.4 Å². The van der Waals surface area contributed by atoms with Crippen LogP contribution in [0.1, 0.15) is 42.3 Å². The summed E-state index contributed by atoms with van der Waals surface area (Å²) in [6.45, 7) is 5.40. The third-order valence-corrected chi connectivity index (χ3v) is 4.14. The monoisotopic (exact) mass is 381 g/mol. The molecule has 1 unspecified atom stereocenters. The average molecular weight is 381 g/mol. The molecular formula is C21H20FN3O3. The van der Waals surface area contributed by atoms with Gasteiger partial charge in [-0.1, -0.05) is 18.2 Å². The summed E-state index contributed by atoms with van der Waals surface area (Å²) < 4.78 is 19.0. The molecule has 0 fully saturated rings.